The molecule has 2 atom stereocenters. The first-order chi connectivity index (χ1) is 33.5. The highest BCUT2D eigenvalue weighted by atomic mass is 16.5. The number of hydrogen-bond acceptors (Lipinski definition) is 8. The van der Waals surface area contributed by atoms with Gasteiger partial charge in [-0.3, -0.25) is 4.79 Å². The van der Waals surface area contributed by atoms with E-state index in [0.29, 0.717) is 50.3 Å². The van der Waals surface area contributed by atoms with Crippen molar-refractivity contribution in [3.63, 3.8) is 0 Å². The smallest absolute Gasteiger partial charge is 0.344 e. The average molecular weight is 931 g/mol. The van der Waals surface area contributed by atoms with Crippen LogP contribution >= 0.6 is 0 Å². The zero-order valence-electron chi connectivity index (χ0n) is 41.5. The second-order valence-electron chi connectivity index (χ2n) is 18.7. The lowest BCUT2D eigenvalue weighted by molar-refractivity contribution is 0.0724. The van der Waals surface area contributed by atoms with Crippen LogP contribution in [-0.2, 0) is 10.8 Å². The van der Waals surface area contributed by atoms with Crippen LogP contribution in [0.1, 0.15) is 133 Å². The molecule has 0 aliphatic rings. The second kappa shape index (κ2) is 19.6. The van der Waals surface area contributed by atoms with Gasteiger partial charge in [0.15, 0.2) is 5.78 Å². The number of Topliss-reactive ketones (excluding diaryl/α,β-unsaturated/α-hetero) is 1. The lowest BCUT2D eigenvalue weighted by Crippen LogP contribution is -2.23. The van der Waals surface area contributed by atoms with E-state index in [1.807, 2.05) is 113 Å². The van der Waals surface area contributed by atoms with Gasteiger partial charge in [0.1, 0.15) is 23.0 Å². The molecule has 0 aliphatic heterocycles. The van der Waals surface area contributed by atoms with Gasteiger partial charge in [-0.25, -0.2) is 14.4 Å². The van der Waals surface area contributed by atoms with Crippen LogP contribution in [0.5, 0.6) is 23.0 Å². The van der Waals surface area contributed by atoms with E-state index in [1.54, 1.807) is 49.6 Å². The van der Waals surface area contributed by atoms with E-state index >= 15 is 0 Å². The Morgan fingerprint density at radius 2 is 0.786 bits per heavy atom. The van der Waals surface area contributed by atoms with Crippen LogP contribution in [0.25, 0.3) is 21.5 Å². The number of methoxy groups -OCH3 is 1. The predicted molar refractivity (Wildman–Crippen MR) is 278 cm³/mol. The van der Waals surface area contributed by atoms with E-state index in [9.17, 15) is 19.2 Å². The average Bonchev–Trinajstić information content (AvgIpc) is 3.36. The van der Waals surface area contributed by atoms with Gasteiger partial charge in [-0.2, -0.15) is 0 Å². The van der Waals surface area contributed by atoms with E-state index in [1.165, 1.54) is 12.5 Å². The van der Waals surface area contributed by atoms with Crippen LogP contribution in [-0.4, -0.2) is 30.8 Å². The number of ether oxygens (including phenoxy) is 4. The molecule has 0 bridgehead atoms. The van der Waals surface area contributed by atoms with Crippen LogP contribution in [0.2, 0.25) is 0 Å². The summed E-state index contributed by atoms with van der Waals surface area (Å²) in [6.07, 6.45) is 1.65. The normalized spacial score (nSPS) is 13.0. The second-order valence-corrected chi connectivity index (χ2v) is 18.7. The maximum atomic E-state index is 13.6. The highest BCUT2D eigenvalue weighted by Crippen LogP contribution is 2.41. The number of hydrogen-bond donors (Lipinski definition) is 0. The number of esters is 3. The third-order valence-electron chi connectivity index (χ3n) is 14.3. The summed E-state index contributed by atoms with van der Waals surface area (Å²) in [4.78, 5) is 52.9. The molecule has 0 radical (unpaired) electrons. The third kappa shape index (κ3) is 9.34. The monoisotopic (exact) mass is 930 g/mol. The van der Waals surface area contributed by atoms with Gasteiger partial charge in [0, 0.05) is 16.4 Å². The fourth-order valence-corrected chi connectivity index (χ4v) is 9.45. The van der Waals surface area contributed by atoms with Gasteiger partial charge >= 0.3 is 17.9 Å². The number of fused-ring (bicyclic) bond motifs is 2. The zero-order valence-corrected chi connectivity index (χ0v) is 41.5. The molecule has 0 saturated heterocycles. The molecule has 0 amide bonds. The third-order valence-corrected chi connectivity index (χ3v) is 14.3. The fourth-order valence-electron chi connectivity index (χ4n) is 9.45. The number of benzene rings is 8. The summed E-state index contributed by atoms with van der Waals surface area (Å²) in [5.41, 5.74) is 8.99. The molecule has 0 spiro atoms. The molecule has 0 saturated carbocycles. The molecule has 8 nitrogen and oxygen atoms in total. The molecule has 0 N–H and O–H groups in total. The molecule has 8 aromatic rings. The minimum absolute atomic E-state index is 0.0716. The highest BCUT2D eigenvalue weighted by molar-refractivity contribution is 6.13. The molecular formula is C62H58O8. The van der Waals surface area contributed by atoms with Gasteiger partial charge in [-0.05, 0) is 174 Å². The summed E-state index contributed by atoms with van der Waals surface area (Å²) >= 11 is 0. The van der Waals surface area contributed by atoms with Crippen molar-refractivity contribution in [2.45, 2.75) is 86.0 Å². The van der Waals surface area contributed by atoms with Crippen molar-refractivity contribution in [2.24, 2.45) is 0 Å². The maximum absolute atomic E-state index is 13.6. The van der Waals surface area contributed by atoms with Crippen molar-refractivity contribution in [1.82, 2.24) is 0 Å². The highest BCUT2D eigenvalue weighted by Gasteiger charge is 2.30. The molecule has 0 aromatic heterocycles. The molecule has 0 heterocycles. The largest absolute Gasteiger partial charge is 0.496 e. The molecule has 8 aromatic carbocycles. The maximum Gasteiger partial charge on any atom is 0.344 e. The van der Waals surface area contributed by atoms with Crippen molar-refractivity contribution in [3.05, 3.63) is 212 Å². The number of aryl methyl sites for hydroxylation is 4. The molecule has 2 unspecified atom stereocenters. The number of ketones is 1. The zero-order chi connectivity index (χ0) is 50.1. The molecule has 8 rings (SSSR count). The van der Waals surface area contributed by atoms with Crippen molar-refractivity contribution in [3.8, 4) is 23.0 Å². The van der Waals surface area contributed by atoms with Gasteiger partial charge in [-0.15, -0.1) is 0 Å². The Morgan fingerprint density at radius 3 is 1.14 bits per heavy atom. The lowest BCUT2D eigenvalue weighted by Gasteiger charge is -2.31. The van der Waals surface area contributed by atoms with E-state index in [2.05, 4.69) is 45.9 Å². The first-order valence-electron chi connectivity index (χ1n) is 23.7. The lowest BCUT2D eigenvalue weighted by atomic mass is 9.73. The van der Waals surface area contributed by atoms with Gasteiger partial charge in [0.2, 0.25) is 0 Å². The summed E-state index contributed by atoms with van der Waals surface area (Å²) in [5, 5.41) is 2.93. The first kappa shape index (κ1) is 48.6. The predicted octanol–water partition coefficient (Wildman–Crippen LogP) is 14.5. The SMILES string of the molecule is CCC(C)(c1ccc(OC)c(C)c1)c1ccc(OC(=O)c2ccc3cc(C(=O)Oc4ccc(C(C)(CC)c5ccc(OC(=O)c6ccc(C(C)=O)c7ccccc67)c(C)c5)cc4C)ccc3c2)c(C)c1. The van der Waals surface area contributed by atoms with Crippen molar-refractivity contribution in [2.75, 3.05) is 7.11 Å². The van der Waals surface area contributed by atoms with E-state index < -0.39 is 23.3 Å². The Morgan fingerprint density at radius 1 is 0.429 bits per heavy atom. The van der Waals surface area contributed by atoms with Crippen molar-refractivity contribution < 1.29 is 38.1 Å². The van der Waals surface area contributed by atoms with Gasteiger partial charge in [0.05, 0.1) is 23.8 Å². The van der Waals surface area contributed by atoms with E-state index in [0.717, 1.165) is 68.3 Å². The molecular weight excluding hydrogens is 873 g/mol. The Bertz CT molecular complexity index is 3380. The fraction of sp³-hybridized carbons (Fsp3) is 0.226. The Hall–Kier alpha value is -7.84. The first-order valence-corrected chi connectivity index (χ1v) is 23.7. The van der Waals surface area contributed by atoms with Gasteiger partial charge in [-0.1, -0.05) is 113 Å². The minimum atomic E-state index is -0.499. The number of carbonyl (C=O) groups excluding carboxylic acids is 4. The number of carbonyl (C=O) groups is 4. The Balaban J connectivity index is 0.930. The molecule has 8 heteroatoms. The number of rotatable bonds is 14. The van der Waals surface area contributed by atoms with Crippen LogP contribution < -0.4 is 18.9 Å². The van der Waals surface area contributed by atoms with Crippen LogP contribution in [0, 0.1) is 27.7 Å². The summed E-state index contributed by atoms with van der Waals surface area (Å²) in [7, 11) is 1.68. The summed E-state index contributed by atoms with van der Waals surface area (Å²) in [5.74, 6) is 0.711. The minimum Gasteiger partial charge on any atom is -0.496 e. The topological polar surface area (TPSA) is 105 Å². The summed E-state index contributed by atoms with van der Waals surface area (Å²) in [6, 6.07) is 45.2. The van der Waals surface area contributed by atoms with Crippen molar-refractivity contribution >= 4 is 45.2 Å². The van der Waals surface area contributed by atoms with Crippen LogP contribution in [0.15, 0.2) is 146 Å². The Kier molecular flexibility index (Phi) is 13.6. The van der Waals surface area contributed by atoms with Crippen molar-refractivity contribution in [1.29, 1.82) is 0 Å². The summed E-state index contributed by atoms with van der Waals surface area (Å²) in [6.45, 7) is 18.1. The Labute approximate surface area is 410 Å². The van der Waals surface area contributed by atoms with E-state index in [4.69, 9.17) is 18.9 Å². The standard InChI is InChI=1S/C62H58O8/c1-11-61(8,46-21-27-54(67-10)37(3)31-46)47-22-28-55(38(4)32-47)68-58(64)44-19-17-43-36-45(20-18-42(43)35-44)59(65)69-56-29-23-48(33-39(56)5)62(9,12-2)49-24-30-57(40(6)34-49)70-60(66)53-26-25-50(41(7)63)51-15-13-14-16-52(51)53/h13-36H,11-12H2,1-10H3. The van der Waals surface area contributed by atoms with Crippen LogP contribution in [0.4, 0.5) is 0 Å². The van der Waals surface area contributed by atoms with Gasteiger partial charge < -0.3 is 18.9 Å². The van der Waals surface area contributed by atoms with E-state index in [-0.39, 0.29) is 11.2 Å². The quantitative estimate of drug-likeness (QED) is 0.0603. The molecule has 70 heavy (non-hydrogen) atoms. The van der Waals surface area contributed by atoms with Gasteiger partial charge in [0.25, 0.3) is 0 Å². The molecule has 0 fully saturated rings. The molecule has 354 valence electrons. The molecule has 0 aliphatic carbocycles. The van der Waals surface area contributed by atoms with Crippen LogP contribution in [0.3, 0.4) is 0 Å². The summed E-state index contributed by atoms with van der Waals surface area (Å²) < 4.78 is 23.4.